The van der Waals surface area contributed by atoms with Crippen LogP contribution in [0.15, 0.2) is 17.2 Å². The van der Waals surface area contributed by atoms with Crippen LogP contribution in [0, 0.1) is 33.6 Å². The average molecular weight is 402 g/mol. The highest BCUT2D eigenvalue weighted by molar-refractivity contribution is 7.18. The smallest absolute Gasteiger partial charge is 0.262 e. The molecule has 3 heterocycles. The Hall–Kier alpha value is -2.48. The first-order valence-corrected chi connectivity index (χ1v) is 10.3. The van der Waals surface area contributed by atoms with E-state index in [0.29, 0.717) is 18.5 Å². The normalized spacial score (nSPS) is 12.5. The summed E-state index contributed by atoms with van der Waals surface area (Å²) >= 11 is 1.53. The number of fused-ring (bicyclic) bond motifs is 1. The van der Waals surface area contributed by atoms with Crippen molar-refractivity contribution in [3.8, 4) is 0 Å². The number of thiophene rings is 1. The molecular formula is C20H27N5O2S. The molecule has 3 aromatic heterocycles. The van der Waals surface area contributed by atoms with E-state index in [9.17, 15) is 9.59 Å². The predicted octanol–water partition coefficient (Wildman–Crippen LogP) is 2.73. The lowest BCUT2D eigenvalue weighted by Crippen LogP contribution is -2.32. The van der Waals surface area contributed by atoms with E-state index in [4.69, 9.17) is 0 Å². The Morgan fingerprint density at radius 3 is 2.71 bits per heavy atom. The number of amides is 1. The molecule has 0 saturated heterocycles. The van der Waals surface area contributed by atoms with Crippen molar-refractivity contribution < 1.29 is 4.79 Å². The molecule has 0 spiro atoms. The molecular weight excluding hydrogens is 374 g/mol. The van der Waals surface area contributed by atoms with Gasteiger partial charge in [-0.1, -0.05) is 6.92 Å². The van der Waals surface area contributed by atoms with Crippen molar-refractivity contribution in [2.45, 2.75) is 54.1 Å². The molecule has 28 heavy (non-hydrogen) atoms. The van der Waals surface area contributed by atoms with Gasteiger partial charge in [0.05, 0.1) is 17.4 Å². The summed E-state index contributed by atoms with van der Waals surface area (Å²) in [5.41, 5.74) is 3.03. The minimum atomic E-state index is -0.0717. The van der Waals surface area contributed by atoms with Crippen LogP contribution in [0.5, 0.6) is 0 Å². The molecule has 1 atom stereocenters. The highest BCUT2D eigenvalue weighted by Crippen LogP contribution is 2.25. The molecule has 0 saturated carbocycles. The Bertz CT molecular complexity index is 1060. The molecule has 150 valence electrons. The van der Waals surface area contributed by atoms with Gasteiger partial charge >= 0.3 is 0 Å². The topological polar surface area (TPSA) is 81.8 Å². The van der Waals surface area contributed by atoms with Crippen LogP contribution in [0.4, 0.5) is 0 Å². The second-order valence-electron chi connectivity index (χ2n) is 7.47. The third-order valence-corrected chi connectivity index (χ3v) is 6.09. The summed E-state index contributed by atoms with van der Waals surface area (Å²) in [6.07, 6.45) is 1.79. The maximum atomic E-state index is 12.7. The number of hydrogen-bond acceptors (Lipinski definition) is 5. The standard InChI is InChI=1S/C20H27N5O2S/c1-12(10-25-14(3)8-13(2)23-25)9-21-17(26)6-7-24-11-22-19-18(20(24)27)15(4)16(5)28-19/h8,11-12H,6-7,9-10H2,1-5H3,(H,21,26). The molecule has 0 aliphatic carbocycles. The third kappa shape index (κ3) is 4.32. The van der Waals surface area contributed by atoms with E-state index in [1.165, 1.54) is 15.9 Å². The van der Waals surface area contributed by atoms with E-state index in [0.717, 1.165) is 33.2 Å². The summed E-state index contributed by atoms with van der Waals surface area (Å²) in [7, 11) is 0. The number of nitrogens with zero attached hydrogens (tertiary/aromatic N) is 4. The van der Waals surface area contributed by atoms with Gasteiger partial charge in [0.1, 0.15) is 4.83 Å². The van der Waals surface area contributed by atoms with Crippen LogP contribution in [0.2, 0.25) is 0 Å². The minimum Gasteiger partial charge on any atom is -0.356 e. The first-order valence-electron chi connectivity index (χ1n) is 9.49. The Morgan fingerprint density at radius 1 is 1.29 bits per heavy atom. The van der Waals surface area contributed by atoms with Crippen LogP contribution in [-0.2, 0) is 17.9 Å². The maximum Gasteiger partial charge on any atom is 0.262 e. The van der Waals surface area contributed by atoms with Gasteiger partial charge in [-0.15, -0.1) is 11.3 Å². The van der Waals surface area contributed by atoms with Gasteiger partial charge in [0.25, 0.3) is 5.56 Å². The minimum absolute atomic E-state index is 0.0644. The molecule has 1 N–H and O–H groups in total. The second kappa shape index (κ2) is 8.26. The van der Waals surface area contributed by atoms with E-state index >= 15 is 0 Å². The van der Waals surface area contributed by atoms with Crippen LogP contribution >= 0.6 is 11.3 Å². The van der Waals surface area contributed by atoms with Gasteiger partial charge in [0.2, 0.25) is 5.91 Å². The van der Waals surface area contributed by atoms with Crippen molar-refractivity contribution in [2.24, 2.45) is 5.92 Å². The molecule has 1 amide bonds. The molecule has 0 radical (unpaired) electrons. The van der Waals surface area contributed by atoms with Gasteiger partial charge in [-0.2, -0.15) is 5.10 Å². The Labute approximate surface area is 168 Å². The lowest BCUT2D eigenvalue weighted by molar-refractivity contribution is -0.121. The third-order valence-electron chi connectivity index (χ3n) is 4.97. The zero-order chi connectivity index (χ0) is 20.4. The Morgan fingerprint density at radius 2 is 2.04 bits per heavy atom. The monoisotopic (exact) mass is 401 g/mol. The largest absolute Gasteiger partial charge is 0.356 e. The van der Waals surface area contributed by atoms with Crippen LogP contribution in [-0.4, -0.2) is 31.8 Å². The number of aromatic nitrogens is 4. The van der Waals surface area contributed by atoms with Gasteiger partial charge < -0.3 is 5.32 Å². The molecule has 0 aromatic carbocycles. The van der Waals surface area contributed by atoms with Crippen LogP contribution in [0.25, 0.3) is 10.2 Å². The van der Waals surface area contributed by atoms with E-state index in [1.54, 1.807) is 6.33 Å². The number of carbonyl (C=O) groups is 1. The van der Waals surface area contributed by atoms with Crippen LogP contribution in [0.3, 0.4) is 0 Å². The van der Waals surface area contributed by atoms with Gasteiger partial charge in [0, 0.05) is 36.6 Å². The SMILES string of the molecule is Cc1cc(C)n(CC(C)CNC(=O)CCn2cnc3sc(C)c(C)c3c2=O)n1. The van der Waals surface area contributed by atoms with Crippen molar-refractivity contribution in [3.05, 3.63) is 44.6 Å². The summed E-state index contributed by atoms with van der Waals surface area (Å²) in [5, 5.41) is 8.08. The highest BCUT2D eigenvalue weighted by atomic mass is 32.1. The van der Waals surface area contributed by atoms with Crippen molar-refractivity contribution in [2.75, 3.05) is 6.54 Å². The van der Waals surface area contributed by atoms with Crippen molar-refractivity contribution in [3.63, 3.8) is 0 Å². The molecule has 3 aromatic rings. The number of aryl methyl sites for hydroxylation is 5. The van der Waals surface area contributed by atoms with Gasteiger partial charge in [-0.05, 0) is 45.2 Å². The summed E-state index contributed by atoms with van der Waals surface area (Å²) in [4.78, 5) is 31.1. The van der Waals surface area contributed by atoms with Gasteiger partial charge in [-0.3, -0.25) is 18.8 Å². The summed E-state index contributed by atoms with van der Waals surface area (Å²) in [6.45, 7) is 11.7. The van der Waals surface area contributed by atoms with E-state index in [1.807, 2.05) is 38.4 Å². The first-order chi connectivity index (χ1) is 13.3. The zero-order valence-corrected chi connectivity index (χ0v) is 17.9. The lowest BCUT2D eigenvalue weighted by atomic mass is 10.2. The zero-order valence-electron chi connectivity index (χ0n) is 17.1. The molecule has 0 aliphatic heterocycles. The summed E-state index contributed by atoms with van der Waals surface area (Å²) in [6, 6.07) is 2.05. The van der Waals surface area contributed by atoms with Crippen molar-refractivity contribution in [1.29, 1.82) is 0 Å². The Balaban J connectivity index is 1.54. The van der Waals surface area contributed by atoms with Crippen LogP contribution < -0.4 is 10.9 Å². The highest BCUT2D eigenvalue weighted by Gasteiger charge is 2.13. The summed E-state index contributed by atoms with van der Waals surface area (Å²) < 4.78 is 3.50. The molecule has 0 fully saturated rings. The van der Waals surface area contributed by atoms with Gasteiger partial charge in [0.15, 0.2) is 0 Å². The molecule has 0 aliphatic rings. The number of nitrogens with one attached hydrogen (secondary N) is 1. The van der Waals surface area contributed by atoms with Crippen molar-refractivity contribution in [1.82, 2.24) is 24.6 Å². The number of carbonyl (C=O) groups excluding carboxylic acids is 1. The molecule has 1 unspecified atom stereocenters. The average Bonchev–Trinajstić information content (AvgIpc) is 3.11. The quantitative estimate of drug-likeness (QED) is 0.660. The molecule has 7 nitrogen and oxygen atoms in total. The number of rotatable bonds is 7. The fourth-order valence-electron chi connectivity index (χ4n) is 3.25. The fourth-order valence-corrected chi connectivity index (χ4v) is 4.23. The Kier molecular flexibility index (Phi) is 5.98. The molecule has 0 bridgehead atoms. The first kappa shape index (κ1) is 20.3. The molecule has 3 rings (SSSR count). The summed E-state index contributed by atoms with van der Waals surface area (Å²) in [5.74, 6) is 0.199. The van der Waals surface area contributed by atoms with E-state index in [2.05, 4.69) is 22.3 Å². The van der Waals surface area contributed by atoms with E-state index < -0.39 is 0 Å². The van der Waals surface area contributed by atoms with Crippen LogP contribution in [0.1, 0.15) is 35.2 Å². The second-order valence-corrected chi connectivity index (χ2v) is 8.68. The number of hydrogen-bond donors (Lipinski definition) is 1. The van der Waals surface area contributed by atoms with E-state index in [-0.39, 0.29) is 23.8 Å². The van der Waals surface area contributed by atoms with Crippen molar-refractivity contribution >= 4 is 27.5 Å². The fraction of sp³-hybridized carbons (Fsp3) is 0.500. The van der Waals surface area contributed by atoms with Gasteiger partial charge in [-0.25, -0.2) is 4.98 Å². The predicted molar refractivity (Wildman–Crippen MR) is 112 cm³/mol. The lowest BCUT2D eigenvalue weighted by Gasteiger charge is -2.14. The maximum absolute atomic E-state index is 12.7. The molecule has 8 heteroatoms.